The third-order valence-corrected chi connectivity index (χ3v) is 8.19. The molecule has 3 atom stereocenters. The van der Waals surface area contributed by atoms with E-state index >= 15 is 0 Å². The van der Waals surface area contributed by atoms with Crippen molar-refractivity contribution in [2.24, 2.45) is 0 Å². The van der Waals surface area contributed by atoms with Gasteiger partial charge in [-0.05, 0) is 44.9 Å². The third kappa shape index (κ3) is 27.4. The van der Waals surface area contributed by atoms with Crippen LogP contribution in [0.1, 0.15) is 149 Å². The summed E-state index contributed by atoms with van der Waals surface area (Å²) in [6, 6.07) is -1.25. The van der Waals surface area contributed by atoms with Crippen molar-refractivity contribution in [1.82, 2.24) is 5.32 Å². The zero-order chi connectivity index (χ0) is 31.3. The minimum absolute atomic E-state index is 0.270. The van der Waals surface area contributed by atoms with Gasteiger partial charge in [-0.1, -0.05) is 140 Å². The molecule has 0 bridgehead atoms. The highest BCUT2D eigenvalue weighted by molar-refractivity contribution is 7.85. The number of amides is 1. The van der Waals surface area contributed by atoms with E-state index in [1.165, 1.54) is 76.7 Å². The van der Waals surface area contributed by atoms with E-state index in [2.05, 4.69) is 43.5 Å². The van der Waals surface area contributed by atoms with Gasteiger partial charge in [0.1, 0.15) is 6.10 Å². The van der Waals surface area contributed by atoms with E-state index < -0.39 is 40.0 Å². The Labute approximate surface area is 258 Å². The van der Waals surface area contributed by atoms with Crippen LogP contribution in [0.5, 0.6) is 0 Å². The van der Waals surface area contributed by atoms with Crippen LogP contribution in [0.2, 0.25) is 0 Å². The van der Waals surface area contributed by atoms with Crippen molar-refractivity contribution < 1.29 is 28.0 Å². The van der Waals surface area contributed by atoms with Gasteiger partial charge < -0.3 is 15.5 Å². The summed E-state index contributed by atoms with van der Waals surface area (Å²) in [5.74, 6) is -1.57. The zero-order valence-electron chi connectivity index (χ0n) is 26.7. The first-order chi connectivity index (χ1) is 20.2. The number of unbranched alkanes of at least 4 members (excludes halogenated alkanes) is 16. The lowest BCUT2D eigenvalue weighted by Crippen LogP contribution is -2.50. The summed E-state index contributed by atoms with van der Waals surface area (Å²) in [7, 11) is -4.44. The molecule has 0 rings (SSSR count). The van der Waals surface area contributed by atoms with E-state index in [1.807, 2.05) is 0 Å². The number of nitrogens with one attached hydrogen (secondary N) is 1. The maximum absolute atomic E-state index is 12.4. The third-order valence-electron chi connectivity index (χ3n) is 7.40. The van der Waals surface area contributed by atoms with Crippen LogP contribution in [0, 0.1) is 0 Å². The number of hydrogen-bond acceptors (Lipinski definition) is 5. The van der Waals surface area contributed by atoms with Crippen LogP contribution < -0.4 is 5.32 Å². The monoisotopic (exact) mass is 613 g/mol. The molecule has 0 saturated heterocycles. The maximum Gasteiger partial charge on any atom is 0.267 e. The Balaban J connectivity index is 4.25. The van der Waals surface area contributed by atoms with E-state index in [0.717, 1.165) is 44.9 Å². The molecule has 0 aromatic rings. The first-order valence-electron chi connectivity index (χ1n) is 16.8. The Morgan fingerprint density at radius 3 is 1.57 bits per heavy atom. The zero-order valence-corrected chi connectivity index (χ0v) is 27.5. The fraction of sp³-hybridized carbons (Fsp3) is 0.794. The van der Waals surface area contributed by atoms with Crippen LogP contribution in [0.15, 0.2) is 36.5 Å². The predicted octanol–water partition coefficient (Wildman–Crippen LogP) is 7.98. The highest BCUT2D eigenvalue weighted by Gasteiger charge is 2.27. The molecule has 0 aliphatic heterocycles. The average Bonchev–Trinajstić information content (AvgIpc) is 2.94. The maximum atomic E-state index is 12.4. The molecule has 0 aliphatic carbocycles. The standard InChI is InChI=1S/C34H63NO6S/c1-3-5-7-9-11-13-14-15-16-17-18-19-20-21-23-24-26-28-32(36)31(30-42(39,40)41)35-34(38)33(37)29-27-25-22-12-10-8-6-4-2/h16-17,20-21,26,28,31-33,36-37H,3-15,18-19,22-25,27,29-30H2,1-2H3,(H,35,38)(H,39,40,41)/b17-16+,21-20+,28-26+. The Morgan fingerprint density at radius 1 is 0.643 bits per heavy atom. The number of rotatable bonds is 29. The van der Waals surface area contributed by atoms with Gasteiger partial charge in [0.15, 0.2) is 0 Å². The van der Waals surface area contributed by atoms with Crippen LogP contribution in [-0.4, -0.2) is 53.1 Å². The normalized spacial score (nSPS) is 14.7. The lowest BCUT2D eigenvalue weighted by molar-refractivity contribution is -0.130. The highest BCUT2D eigenvalue weighted by Crippen LogP contribution is 2.12. The summed E-state index contributed by atoms with van der Waals surface area (Å²) in [5.41, 5.74) is 0. The van der Waals surface area contributed by atoms with Crippen LogP contribution in [0.25, 0.3) is 0 Å². The van der Waals surface area contributed by atoms with E-state index in [-0.39, 0.29) is 6.42 Å². The van der Waals surface area contributed by atoms with E-state index in [0.29, 0.717) is 12.8 Å². The smallest absolute Gasteiger partial charge is 0.267 e. The first kappa shape index (κ1) is 40.5. The number of aliphatic hydroxyl groups excluding tert-OH is 2. The molecule has 7 nitrogen and oxygen atoms in total. The van der Waals surface area contributed by atoms with E-state index in [1.54, 1.807) is 6.08 Å². The largest absolute Gasteiger partial charge is 0.387 e. The molecule has 1 amide bonds. The molecule has 42 heavy (non-hydrogen) atoms. The van der Waals surface area contributed by atoms with Crippen molar-refractivity contribution in [1.29, 1.82) is 0 Å². The quantitative estimate of drug-likeness (QED) is 0.0385. The number of carbonyl (C=O) groups excluding carboxylic acids is 1. The summed E-state index contributed by atoms with van der Waals surface area (Å²) in [5, 5.41) is 23.1. The first-order valence-corrected chi connectivity index (χ1v) is 18.4. The minimum atomic E-state index is -4.44. The molecular formula is C34H63NO6S. The van der Waals surface area contributed by atoms with Crippen LogP contribution in [0.4, 0.5) is 0 Å². The van der Waals surface area contributed by atoms with Gasteiger partial charge in [0.05, 0.1) is 17.9 Å². The van der Waals surface area contributed by atoms with Gasteiger partial charge in [-0.25, -0.2) is 0 Å². The molecule has 4 N–H and O–H groups in total. The topological polar surface area (TPSA) is 124 Å². The van der Waals surface area contributed by atoms with Crippen molar-refractivity contribution in [2.75, 3.05) is 5.75 Å². The Hall–Kier alpha value is -1.48. The minimum Gasteiger partial charge on any atom is -0.387 e. The van der Waals surface area contributed by atoms with Crippen molar-refractivity contribution >= 4 is 16.0 Å². The second kappa shape index (κ2) is 28.3. The predicted molar refractivity (Wildman–Crippen MR) is 176 cm³/mol. The summed E-state index contributed by atoms with van der Waals surface area (Å²) in [6.45, 7) is 4.42. The second-order valence-electron chi connectivity index (χ2n) is 11.6. The molecule has 0 aromatic carbocycles. The summed E-state index contributed by atoms with van der Waals surface area (Å²) < 4.78 is 32.2. The average molecular weight is 614 g/mol. The van der Waals surface area contributed by atoms with Crippen molar-refractivity contribution in [2.45, 2.75) is 167 Å². The number of aliphatic hydroxyl groups is 2. The van der Waals surface area contributed by atoms with E-state index in [9.17, 15) is 28.0 Å². The molecule has 0 aliphatic rings. The molecule has 0 heterocycles. The van der Waals surface area contributed by atoms with Crippen LogP contribution in [0.3, 0.4) is 0 Å². The van der Waals surface area contributed by atoms with Crippen LogP contribution >= 0.6 is 0 Å². The number of carbonyl (C=O) groups is 1. The highest BCUT2D eigenvalue weighted by atomic mass is 32.2. The molecule has 0 saturated carbocycles. The molecule has 246 valence electrons. The van der Waals surface area contributed by atoms with Gasteiger partial charge in [0.2, 0.25) is 5.91 Å². The molecule has 0 radical (unpaired) electrons. The number of hydrogen-bond donors (Lipinski definition) is 4. The van der Waals surface area contributed by atoms with Gasteiger partial charge in [0.25, 0.3) is 10.1 Å². The Kier molecular flexibility index (Phi) is 27.3. The van der Waals surface area contributed by atoms with Gasteiger partial charge in [-0.15, -0.1) is 0 Å². The Bertz CT molecular complexity index is 824. The summed E-state index contributed by atoms with van der Waals surface area (Å²) in [6.07, 6.45) is 32.2. The SMILES string of the molecule is CCCCCCCCC/C=C/CC/C=C/CC/C=C/C(O)C(CS(=O)(=O)O)NC(=O)C(O)CCCCCCCCCC. The molecular weight excluding hydrogens is 550 g/mol. The Morgan fingerprint density at radius 2 is 1.07 bits per heavy atom. The lowest BCUT2D eigenvalue weighted by Gasteiger charge is -2.22. The van der Waals surface area contributed by atoms with Crippen molar-refractivity contribution in [3.05, 3.63) is 36.5 Å². The second-order valence-corrected chi connectivity index (χ2v) is 13.1. The van der Waals surface area contributed by atoms with Gasteiger partial charge >= 0.3 is 0 Å². The summed E-state index contributed by atoms with van der Waals surface area (Å²) >= 11 is 0. The van der Waals surface area contributed by atoms with Crippen molar-refractivity contribution in [3.63, 3.8) is 0 Å². The van der Waals surface area contributed by atoms with Gasteiger partial charge in [-0.3, -0.25) is 9.35 Å². The fourth-order valence-corrected chi connectivity index (χ4v) is 5.51. The van der Waals surface area contributed by atoms with Gasteiger partial charge in [0, 0.05) is 0 Å². The van der Waals surface area contributed by atoms with Crippen LogP contribution in [-0.2, 0) is 14.9 Å². The molecule has 0 aromatic heterocycles. The molecule has 3 unspecified atom stereocenters. The lowest BCUT2D eigenvalue weighted by atomic mass is 10.0. The molecule has 0 spiro atoms. The molecule has 8 heteroatoms. The fourth-order valence-electron chi connectivity index (χ4n) is 4.78. The van der Waals surface area contributed by atoms with E-state index in [4.69, 9.17) is 0 Å². The summed E-state index contributed by atoms with van der Waals surface area (Å²) in [4.78, 5) is 12.4. The van der Waals surface area contributed by atoms with Gasteiger partial charge in [-0.2, -0.15) is 8.42 Å². The molecule has 0 fully saturated rings. The van der Waals surface area contributed by atoms with Crippen molar-refractivity contribution in [3.8, 4) is 0 Å². The number of allylic oxidation sites excluding steroid dienone is 5.